The van der Waals surface area contributed by atoms with Crippen molar-refractivity contribution in [2.45, 2.75) is 33.1 Å². The van der Waals surface area contributed by atoms with Crippen LogP contribution in [0.15, 0.2) is 42.6 Å². The zero-order valence-electron chi connectivity index (χ0n) is 12.2. The van der Waals surface area contributed by atoms with Crippen molar-refractivity contribution < 1.29 is 4.74 Å². The van der Waals surface area contributed by atoms with Crippen molar-refractivity contribution in [2.24, 2.45) is 0 Å². The molecule has 0 fully saturated rings. The average molecular weight is 270 g/mol. The van der Waals surface area contributed by atoms with E-state index in [1.54, 1.807) is 6.20 Å². The van der Waals surface area contributed by atoms with Crippen LogP contribution in [0.1, 0.15) is 32.3 Å². The minimum absolute atomic E-state index is 0.807. The van der Waals surface area contributed by atoms with Gasteiger partial charge in [0.2, 0.25) is 0 Å². The summed E-state index contributed by atoms with van der Waals surface area (Å²) < 4.78 is 5.85. The van der Waals surface area contributed by atoms with Crippen LogP contribution in [-0.2, 0) is 6.42 Å². The molecule has 0 saturated carbocycles. The van der Waals surface area contributed by atoms with Gasteiger partial charge in [0.25, 0.3) is 0 Å². The summed E-state index contributed by atoms with van der Waals surface area (Å²) in [5.74, 6) is 2.52. The van der Waals surface area contributed by atoms with Crippen molar-refractivity contribution in [3.63, 3.8) is 0 Å². The highest BCUT2D eigenvalue weighted by Gasteiger charge is 2.00. The van der Waals surface area contributed by atoms with E-state index in [2.05, 4.69) is 36.3 Å². The Morgan fingerprint density at radius 1 is 1.00 bits per heavy atom. The molecule has 0 bridgehead atoms. The number of anilines is 1. The fourth-order valence-corrected chi connectivity index (χ4v) is 1.97. The second-order valence-corrected chi connectivity index (χ2v) is 4.80. The zero-order chi connectivity index (χ0) is 14.2. The predicted octanol–water partition coefficient (Wildman–Crippen LogP) is 4.65. The van der Waals surface area contributed by atoms with Crippen LogP contribution in [0, 0.1) is 0 Å². The van der Waals surface area contributed by atoms with Crippen LogP contribution >= 0.6 is 0 Å². The van der Waals surface area contributed by atoms with Gasteiger partial charge in [-0.25, -0.2) is 4.98 Å². The molecule has 2 aromatic rings. The summed E-state index contributed by atoms with van der Waals surface area (Å²) in [6.07, 6.45) is 5.11. The number of nitrogens with one attached hydrogen (secondary N) is 1. The van der Waals surface area contributed by atoms with Gasteiger partial charge in [0.1, 0.15) is 17.3 Å². The Bertz CT molecular complexity index is 523. The summed E-state index contributed by atoms with van der Waals surface area (Å²) in [7, 11) is 0. The topological polar surface area (TPSA) is 34.1 Å². The van der Waals surface area contributed by atoms with Gasteiger partial charge in [0.15, 0.2) is 0 Å². The van der Waals surface area contributed by atoms with E-state index in [4.69, 9.17) is 4.74 Å². The molecule has 1 heterocycles. The molecule has 106 valence electrons. The van der Waals surface area contributed by atoms with Gasteiger partial charge in [-0.05, 0) is 36.6 Å². The van der Waals surface area contributed by atoms with E-state index in [1.807, 2.05) is 24.3 Å². The summed E-state index contributed by atoms with van der Waals surface area (Å²) in [5.41, 5.74) is 1.35. The van der Waals surface area contributed by atoms with E-state index in [-0.39, 0.29) is 0 Å². The lowest BCUT2D eigenvalue weighted by atomic mass is 10.1. The first-order valence-electron chi connectivity index (χ1n) is 7.28. The molecular weight excluding hydrogens is 248 g/mol. The zero-order valence-corrected chi connectivity index (χ0v) is 12.2. The third kappa shape index (κ3) is 4.26. The molecule has 3 nitrogen and oxygen atoms in total. The summed E-state index contributed by atoms with van der Waals surface area (Å²) in [6.45, 7) is 5.24. The number of aromatic nitrogens is 1. The Hall–Kier alpha value is -2.03. The lowest BCUT2D eigenvalue weighted by Crippen LogP contribution is -2.01. The van der Waals surface area contributed by atoms with Crippen molar-refractivity contribution in [3.05, 3.63) is 48.2 Å². The third-order valence-corrected chi connectivity index (χ3v) is 2.99. The van der Waals surface area contributed by atoms with Crippen molar-refractivity contribution >= 4 is 5.82 Å². The van der Waals surface area contributed by atoms with Gasteiger partial charge in [0, 0.05) is 18.8 Å². The van der Waals surface area contributed by atoms with E-state index >= 15 is 0 Å². The number of ether oxygens (including phenoxy) is 1. The average Bonchev–Trinajstić information content (AvgIpc) is 2.48. The predicted molar refractivity (Wildman–Crippen MR) is 83.5 cm³/mol. The fraction of sp³-hybridized carbons (Fsp3) is 0.353. The minimum Gasteiger partial charge on any atom is -0.457 e. The van der Waals surface area contributed by atoms with Gasteiger partial charge in [-0.3, -0.25) is 0 Å². The first kappa shape index (κ1) is 14.4. The summed E-state index contributed by atoms with van der Waals surface area (Å²) in [4.78, 5) is 4.27. The lowest BCUT2D eigenvalue weighted by Gasteiger charge is -2.09. The number of pyridine rings is 1. The van der Waals surface area contributed by atoms with E-state index in [0.717, 1.165) is 43.1 Å². The Kier molecular flexibility index (Phi) is 5.42. The normalized spacial score (nSPS) is 10.3. The summed E-state index contributed by atoms with van der Waals surface area (Å²) in [6, 6.07) is 12.1. The number of hydrogen-bond acceptors (Lipinski definition) is 3. The summed E-state index contributed by atoms with van der Waals surface area (Å²) in [5, 5.41) is 3.26. The van der Waals surface area contributed by atoms with Crippen LogP contribution in [0.5, 0.6) is 11.5 Å². The molecule has 1 aromatic heterocycles. The van der Waals surface area contributed by atoms with Gasteiger partial charge in [0.05, 0.1) is 0 Å². The highest BCUT2D eigenvalue weighted by Crippen LogP contribution is 2.23. The standard InChI is InChI=1S/C17H22N2O/c1-3-5-14-6-8-15(9-7-14)20-16-10-12-19-17(13-16)18-11-4-2/h6-10,12-13H,3-5,11H2,1-2H3,(H,18,19). The molecule has 3 heteroatoms. The maximum Gasteiger partial charge on any atom is 0.132 e. The van der Waals surface area contributed by atoms with Crippen molar-refractivity contribution in [3.8, 4) is 11.5 Å². The molecule has 1 N–H and O–H groups in total. The van der Waals surface area contributed by atoms with Crippen LogP contribution in [0.4, 0.5) is 5.82 Å². The number of nitrogens with zero attached hydrogens (tertiary/aromatic N) is 1. The van der Waals surface area contributed by atoms with Crippen LogP contribution in [0.3, 0.4) is 0 Å². The van der Waals surface area contributed by atoms with E-state index in [1.165, 1.54) is 5.56 Å². The number of benzene rings is 1. The van der Waals surface area contributed by atoms with Gasteiger partial charge >= 0.3 is 0 Å². The SMILES string of the molecule is CCCNc1cc(Oc2ccc(CCC)cc2)ccn1. The molecule has 0 atom stereocenters. The van der Waals surface area contributed by atoms with E-state index in [0.29, 0.717) is 0 Å². The molecule has 0 aliphatic heterocycles. The van der Waals surface area contributed by atoms with E-state index < -0.39 is 0 Å². The molecule has 0 unspecified atom stereocenters. The van der Waals surface area contributed by atoms with Crippen LogP contribution < -0.4 is 10.1 Å². The molecular formula is C17H22N2O. The van der Waals surface area contributed by atoms with Crippen LogP contribution in [0.2, 0.25) is 0 Å². The molecule has 0 spiro atoms. The molecule has 1 aromatic carbocycles. The van der Waals surface area contributed by atoms with E-state index in [9.17, 15) is 0 Å². The number of rotatable bonds is 7. The Balaban J connectivity index is 2.01. The second-order valence-electron chi connectivity index (χ2n) is 4.80. The first-order valence-corrected chi connectivity index (χ1v) is 7.28. The lowest BCUT2D eigenvalue weighted by molar-refractivity contribution is 0.482. The molecule has 0 aliphatic carbocycles. The number of hydrogen-bond donors (Lipinski definition) is 1. The van der Waals surface area contributed by atoms with Crippen LogP contribution in [-0.4, -0.2) is 11.5 Å². The van der Waals surface area contributed by atoms with Crippen molar-refractivity contribution in [1.29, 1.82) is 0 Å². The van der Waals surface area contributed by atoms with Gasteiger partial charge < -0.3 is 10.1 Å². The monoisotopic (exact) mass is 270 g/mol. The number of aryl methyl sites for hydroxylation is 1. The second kappa shape index (κ2) is 7.53. The fourth-order valence-electron chi connectivity index (χ4n) is 1.97. The maximum atomic E-state index is 5.85. The third-order valence-electron chi connectivity index (χ3n) is 2.99. The smallest absolute Gasteiger partial charge is 0.132 e. The highest BCUT2D eigenvalue weighted by atomic mass is 16.5. The molecule has 20 heavy (non-hydrogen) atoms. The quantitative estimate of drug-likeness (QED) is 0.795. The van der Waals surface area contributed by atoms with Gasteiger partial charge in [-0.2, -0.15) is 0 Å². The maximum absolute atomic E-state index is 5.85. The first-order chi connectivity index (χ1) is 9.81. The molecule has 0 amide bonds. The van der Waals surface area contributed by atoms with Crippen LogP contribution in [0.25, 0.3) is 0 Å². The molecule has 0 saturated heterocycles. The molecule has 2 rings (SSSR count). The Morgan fingerprint density at radius 2 is 1.80 bits per heavy atom. The minimum atomic E-state index is 0.807. The molecule has 0 aliphatic rings. The molecule has 0 radical (unpaired) electrons. The Morgan fingerprint density at radius 3 is 2.50 bits per heavy atom. The van der Waals surface area contributed by atoms with Gasteiger partial charge in [-0.1, -0.05) is 32.4 Å². The largest absolute Gasteiger partial charge is 0.457 e. The van der Waals surface area contributed by atoms with Gasteiger partial charge in [-0.15, -0.1) is 0 Å². The Labute approximate surface area is 121 Å². The summed E-state index contributed by atoms with van der Waals surface area (Å²) >= 11 is 0. The van der Waals surface area contributed by atoms with Crippen molar-refractivity contribution in [1.82, 2.24) is 4.98 Å². The highest BCUT2D eigenvalue weighted by molar-refractivity contribution is 5.42. The van der Waals surface area contributed by atoms with Crippen molar-refractivity contribution in [2.75, 3.05) is 11.9 Å².